The summed E-state index contributed by atoms with van der Waals surface area (Å²) < 4.78 is 10.8. The Balaban J connectivity index is 1.84. The van der Waals surface area contributed by atoms with E-state index in [-0.39, 0.29) is 23.7 Å². The van der Waals surface area contributed by atoms with Crippen molar-refractivity contribution < 1.29 is 14.3 Å². The number of nitrogens with one attached hydrogen (secondary N) is 1. The Hall–Kier alpha value is -0.650. The molecule has 0 spiro atoms. The second-order valence-electron chi connectivity index (χ2n) is 4.91. The first-order valence-electron chi connectivity index (χ1n) is 5.88. The molecule has 2 saturated heterocycles. The highest BCUT2D eigenvalue weighted by Crippen LogP contribution is 2.22. The van der Waals surface area contributed by atoms with Crippen LogP contribution >= 0.6 is 0 Å². The van der Waals surface area contributed by atoms with Crippen LogP contribution in [0.4, 0.5) is 0 Å². The molecule has 1 amide bonds. The van der Waals surface area contributed by atoms with Gasteiger partial charge in [-0.05, 0) is 26.2 Å². The van der Waals surface area contributed by atoms with Crippen LogP contribution in [-0.4, -0.2) is 43.4 Å². The van der Waals surface area contributed by atoms with Crippen molar-refractivity contribution in [1.29, 1.82) is 0 Å². The molecular weight excluding hydrogens is 208 g/mol. The Morgan fingerprint density at radius 2 is 2.38 bits per heavy atom. The van der Waals surface area contributed by atoms with E-state index in [0.717, 1.165) is 19.3 Å². The van der Waals surface area contributed by atoms with Gasteiger partial charge in [0, 0.05) is 13.2 Å². The van der Waals surface area contributed by atoms with E-state index in [9.17, 15) is 4.79 Å². The molecule has 0 saturated carbocycles. The summed E-state index contributed by atoms with van der Waals surface area (Å²) in [5, 5.41) is 3.01. The van der Waals surface area contributed by atoms with Gasteiger partial charge in [-0.25, -0.2) is 0 Å². The molecule has 0 radical (unpaired) electrons. The van der Waals surface area contributed by atoms with E-state index in [1.165, 1.54) is 0 Å². The fourth-order valence-corrected chi connectivity index (χ4v) is 2.22. The summed E-state index contributed by atoms with van der Waals surface area (Å²) in [5.41, 5.74) is 5.29. The Kier molecular flexibility index (Phi) is 3.47. The third-order valence-electron chi connectivity index (χ3n) is 3.31. The van der Waals surface area contributed by atoms with Crippen LogP contribution in [0, 0.1) is 0 Å². The predicted molar refractivity (Wildman–Crippen MR) is 58.9 cm³/mol. The van der Waals surface area contributed by atoms with Crippen LogP contribution in [0.25, 0.3) is 0 Å². The minimum absolute atomic E-state index is 0.0241. The summed E-state index contributed by atoms with van der Waals surface area (Å²) in [6.07, 6.45) is 2.23. The molecule has 2 fully saturated rings. The lowest BCUT2D eigenvalue weighted by Gasteiger charge is -2.25. The molecule has 0 bridgehead atoms. The van der Waals surface area contributed by atoms with Crippen molar-refractivity contribution in [2.75, 3.05) is 19.8 Å². The zero-order valence-corrected chi connectivity index (χ0v) is 9.70. The number of hydrogen-bond acceptors (Lipinski definition) is 4. The van der Waals surface area contributed by atoms with Crippen molar-refractivity contribution in [3.8, 4) is 0 Å². The molecule has 2 heterocycles. The van der Waals surface area contributed by atoms with Crippen LogP contribution in [0.15, 0.2) is 0 Å². The van der Waals surface area contributed by atoms with Crippen LogP contribution in [0.3, 0.4) is 0 Å². The van der Waals surface area contributed by atoms with E-state index in [2.05, 4.69) is 5.32 Å². The molecular formula is C11H20N2O3. The van der Waals surface area contributed by atoms with Crippen molar-refractivity contribution in [2.45, 2.75) is 43.9 Å². The molecule has 3 atom stereocenters. The maximum absolute atomic E-state index is 11.9. The topological polar surface area (TPSA) is 73.6 Å². The minimum atomic E-state index is -0.328. The second-order valence-corrected chi connectivity index (χ2v) is 4.91. The molecule has 2 rings (SSSR count). The van der Waals surface area contributed by atoms with E-state index in [1.54, 1.807) is 0 Å². The molecule has 2 aliphatic rings. The number of rotatable bonds is 3. The van der Waals surface area contributed by atoms with Crippen LogP contribution in [0.1, 0.15) is 26.2 Å². The summed E-state index contributed by atoms with van der Waals surface area (Å²) in [5.74, 6) is -0.0241. The van der Waals surface area contributed by atoms with E-state index in [4.69, 9.17) is 15.2 Å². The number of hydrogen-bond donors (Lipinski definition) is 2. The number of carbonyl (C=O) groups is 1. The van der Waals surface area contributed by atoms with E-state index in [1.807, 2.05) is 6.92 Å². The van der Waals surface area contributed by atoms with Gasteiger partial charge in [0.2, 0.25) is 5.91 Å². The van der Waals surface area contributed by atoms with Gasteiger partial charge < -0.3 is 20.5 Å². The normalized spacial score (nSPS) is 38.9. The Morgan fingerprint density at radius 3 is 2.94 bits per heavy atom. The third kappa shape index (κ3) is 2.53. The van der Waals surface area contributed by atoms with Gasteiger partial charge in [0.15, 0.2) is 0 Å². The highest BCUT2D eigenvalue weighted by atomic mass is 16.5. The summed E-state index contributed by atoms with van der Waals surface area (Å²) >= 11 is 0. The van der Waals surface area contributed by atoms with Crippen LogP contribution in [-0.2, 0) is 14.3 Å². The average molecular weight is 228 g/mol. The standard InChI is InChI=1S/C11H20N2O3/c1-11(4-5-15-7-11)13-10(14)9-3-2-8(6-12)16-9/h8-9H,2-7,12H2,1H3,(H,13,14)/t8-,9+,11?/m1/s1. The summed E-state index contributed by atoms with van der Waals surface area (Å²) in [4.78, 5) is 11.9. The molecule has 2 aliphatic heterocycles. The van der Waals surface area contributed by atoms with Gasteiger partial charge in [-0.3, -0.25) is 4.79 Å². The number of carbonyl (C=O) groups excluding carboxylic acids is 1. The van der Waals surface area contributed by atoms with Crippen LogP contribution in [0.2, 0.25) is 0 Å². The van der Waals surface area contributed by atoms with Gasteiger partial charge in [0.1, 0.15) is 6.10 Å². The monoisotopic (exact) mass is 228 g/mol. The summed E-state index contributed by atoms with van der Waals surface area (Å²) in [6, 6.07) is 0. The Bertz CT molecular complexity index is 264. The van der Waals surface area contributed by atoms with Crippen LogP contribution in [0.5, 0.6) is 0 Å². The van der Waals surface area contributed by atoms with Gasteiger partial charge in [-0.15, -0.1) is 0 Å². The fourth-order valence-electron chi connectivity index (χ4n) is 2.22. The second kappa shape index (κ2) is 4.69. The maximum Gasteiger partial charge on any atom is 0.249 e. The van der Waals surface area contributed by atoms with E-state index in [0.29, 0.717) is 19.8 Å². The van der Waals surface area contributed by atoms with Crippen molar-refractivity contribution in [2.24, 2.45) is 5.73 Å². The Labute approximate surface area is 95.7 Å². The molecule has 0 aromatic heterocycles. The van der Waals surface area contributed by atoms with Gasteiger partial charge >= 0.3 is 0 Å². The van der Waals surface area contributed by atoms with Gasteiger partial charge in [0.25, 0.3) is 0 Å². The Morgan fingerprint density at radius 1 is 1.56 bits per heavy atom. The zero-order valence-electron chi connectivity index (χ0n) is 9.70. The zero-order chi connectivity index (χ0) is 11.6. The van der Waals surface area contributed by atoms with E-state index >= 15 is 0 Å². The van der Waals surface area contributed by atoms with Crippen molar-refractivity contribution in [1.82, 2.24) is 5.32 Å². The summed E-state index contributed by atoms with van der Waals surface area (Å²) in [7, 11) is 0. The number of amides is 1. The van der Waals surface area contributed by atoms with Gasteiger partial charge in [0.05, 0.1) is 18.2 Å². The van der Waals surface area contributed by atoms with Gasteiger partial charge in [-0.2, -0.15) is 0 Å². The van der Waals surface area contributed by atoms with Crippen LogP contribution < -0.4 is 11.1 Å². The molecule has 0 aromatic carbocycles. The van der Waals surface area contributed by atoms with E-state index < -0.39 is 0 Å². The molecule has 0 aromatic rings. The summed E-state index contributed by atoms with van der Waals surface area (Å²) in [6.45, 7) is 3.80. The molecule has 5 nitrogen and oxygen atoms in total. The molecule has 1 unspecified atom stereocenters. The first kappa shape index (κ1) is 11.8. The number of ether oxygens (including phenoxy) is 2. The fraction of sp³-hybridized carbons (Fsp3) is 0.909. The third-order valence-corrected chi connectivity index (χ3v) is 3.31. The highest BCUT2D eigenvalue weighted by molar-refractivity contribution is 5.81. The highest BCUT2D eigenvalue weighted by Gasteiger charge is 2.36. The maximum atomic E-state index is 11.9. The minimum Gasteiger partial charge on any atom is -0.379 e. The van der Waals surface area contributed by atoms with Crippen molar-refractivity contribution >= 4 is 5.91 Å². The predicted octanol–water partition coefficient (Wildman–Crippen LogP) is -0.212. The molecule has 5 heteroatoms. The molecule has 92 valence electrons. The first-order valence-corrected chi connectivity index (χ1v) is 5.88. The molecule has 3 N–H and O–H groups in total. The van der Waals surface area contributed by atoms with Crippen molar-refractivity contribution in [3.05, 3.63) is 0 Å². The molecule has 16 heavy (non-hydrogen) atoms. The van der Waals surface area contributed by atoms with Crippen molar-refractivity contribution in [3.63, 3.8) is 0 Å². The number of nitrogens with two attached hydrogens (primary N) is 1. The van der Waals surface area contributed by atoms with Gasteiger partial charge in [-0.1, -0.05) is 0 Å². The smallest absolute Gasteiger partial charge is 0.249 e. The SMILES string of the molecule is CC1(NC(=O)[C@@H]2CC[C@H](CN)O2)CCOC1. The molecule has 0 aliphatic carbocycles. The lowest BCUT2D eigenvalue weighted by molar-refractivity contribution is -0.133. The lowest BCUT2D eigenvalue weighted by Crippen LogP contribution is -2.50. The lowest BCUT2D eigenvalue weighted by atomic mass is 10.0. The quantitative estimate of drug-likeness (QED) is 0.701. The first-order chi connectivity index (χ1) is 7.63. The largest absolute Gasteiger partial charge is 0.379 e. The average Bonchev–Trinajstić information content (AvgIpc) is 2.86.